The third kappa shape index (κ3) is 3.63. The summed E-state index contributed by atoms with van der Waals surface area (Å²) in [6.07, 6.45) is 0.984. The summed E-state index contributed by atoms with van der Waals surface area (Å²) in [4.78, 5) is 13.9. The van der Waals surface area contributed by atoms with Crippen LogP contribution in [0.25, 0.3) is 0 Å². The van der Waals surface area contributed by atoms with Gasteiger partial charge in [0.05, 0.1) is 6.61 Å². The number of nitrogens with zero attached hydrogens (tertiary/aromatic N) is 1. The Kier molecular flexibility index (Phi) is 5.24. The van der Waals surface area contributed by atoms with Gasteiger partial charge in [0.1, 0.15) is 0 Å². The van der Waals surface area contributed by atoms with Crippen LogP contribution in [0.15, 0.2) is 24.3 Å². The van der Waals surface area contributed by atoms with Crippen molar-refractivity contribution in [3.63, 3.8) is 0 Å². The molecular formula is C15H22N2O3. The fourth-order valence-electron chi connectivity index (χ4n) is 2.33. The second-order valence-corrected chi connectivity index (χ2v) is 4.90. The largest absolute Gasteiger partial charge is 0.490 e. The number of ether oxygens (including phenoxy) is 2. The summed E-state index contributed by atoms with van der Waals surface area (Å²) >= 11 is 0. The van der Waals surface area contributed by atoms with E-state index in [0.29, 0.717) is 30.6 Å². The van der Waals surface area contributed by atoms with Gasteiger partial charge in [-0.25, -0.2) is 0 Å². The molecule has 1 atom stereocenters. The van der Waals surface area contributed by atoms with Crippen LogP contribution >= 0.6 is 0 Å². The first-order valence-corrected chi connectivity index (χ1v) is 7.07. The van der Waals surface area contributed by atoms with Crippen molar-refractivity contribution in [2.75, 3.05) is 32.8 Å². The second kappa shape index (κ2) is 7.14. The molecule has 0 spiro atoms. The summed E-state index contributed by atoms with van der Waals surface area (Å²) < 4.78 is 11.0. The lowest BCUT2D eigenvalue weighted by Crippen LogP contribution is -2.33. The molecule has 1 amide bonds. The van der Waals surface area contributed by atoms with Crippen LogP contribution in [-0.2, 0) is 4.79 Å². The number of carbonyl (C=O) groups excluding carboxylic acids is 1. The van der Waals surface area contributed by atoms with Crippen LogP contribution in [0.3, 0.4) is 0 Å². The van der Waals surface area contributed by atoms with E-state index in [1.165, 1.54) is 0 Å². The zero-order valence-electron chi connectivity index (χ0n) is 11.9. The smallest absolute Gasteiger partial charge is 0.260 e. The molecule has 1 unspecified atom stereocenters. The zero-order valence-corrected chi connectivity index (χ0v) is 11.9. The Balaban J connectivity index is 1.87. The normalized spacial score (nSPS) is 18.1. The number of likely N-dealkylation sites (tertiary alicyclic amines) is 1. The van der Waals surface area contributed by atoms with E-state index in [1.54, 1.807) is 0 Å². The van der Waals surface area contributed by atoms with Gasteiger partial charge in [-0.15, -0.1) is 0 Å². The fraction of sp³-hybridized carbons (Fsp3) is 0.533. The summed E-state index contributed by atoms with van der Waals surface area (Å²) in [7, 11) is 0. The van der Waals surface area contributed by atoms with E-state index in [-0.39, 0.29) is 12.5 Å². The molecule has 0 saturated carbocycles. The number of benzene rings is 1. The van der Waals surface area contributed by atoms with Crippen LogP contribution in [0, 0.1) is 5.92 Å². The van der Waals surface area contributed by atoms with Gasteiger partial charge in [0.2, 0.25) is 0 Å². The van der Waals surface area contributed by atoms with Crippen molar-refractivity contribution in [3.05, 3.63) is 24.3 Å². The van der Waals surface area contributed by atoms with Gasteiger partial charge in [0, 0.05) is 13.1 Å². The van der Waals surface area contributed by atoms with E-state index < -0.39 is 0 Å². The molecule has 0 radical (unpaired) electrons. The maximum absolute atomic E-state index is 12.1. The minimum Gasteiger partial charge on any atom is -0.490 e. The van der Waals surface area contributed by atoms with Gasteiger partial charge < -0.3 is 20.1 Å². The fourth-order valence-corrected chi connectivity index (χ4v) is 2.33. The molecule has 1 fully saturated rings. The molecule has 0 aromatic heterocycles. The number of hydrogen-bond donors (Lipinski definition) is 1. The van der Waals surface area contributed by atoms with Crippen LogP contribution in [0.2, 0.25) is 0 Å². The molecule has 20 heavy (non-hydrogen) atoms. The van der Waals surface area contributed by atoms with Crippen LogP contribution in [0.4, 0.5) is 0 Å². The Hall–Kier alpha value is -1.75. The highest BCUT2D eigenvalue weighted by molar-refractivity contribution is 5.78. The number of para-hydroxylation sites is 2. The van der Waals surface area contributed by atoms with Crippen LogP contribution in [-0.4, -0.2) is 43.7 Å². The number of amides is 1. The Morgan fingerprint density at radius 2 is 2.05 bits per heavy atom. The summed E-state index contributed by atoms with van der Waals surface area (Å²) in [6, 6.07) is 7.39. The number of rotatable bonds is 6. The van der Waals surface area contributed by atoms with Gasteiger partial charge in [0.15, 0.2) is 18.1 Å². The van der Waals surface area contributed by atoms with Crippen molar-refractivity contribution in [1.29, 1.82) is 0 Å². The van der Waals surface area contributed by atoms with Gasteiger partial charge in [-0.1, -0.05) is 12.1 Å². The van der Waals surface area contributed by atoms with E-state index in [2.05, 4.69) is 0 Å². The lowest BCUT2D eigenvalue weighted by molar-refractivity contribution is -0.132. The predicted octanol–water partition coefficient (Wildman–Crippen LogP) is 1.27. The van der Waals surface area contributed by atoms with Crippen molar-refractivity contribution < 1.29 is 14.3 Å². The zero-order chi connectivity index (χ0) is 14.4. The molecule has 5 nitrogen and oxygen atoms in total. The molecule has 1 heterocycles. The number of nitrogens with two attached hydrogens (primary N) is 1. The van der Waals surface area contributed by atoms with Crippen molar-refractivity contribution in [1.82, 2.24) is 4.90 Å². The molecule has 2 N–H and O–H groups in total. The van der Waals surface area contributed by atoms with Crippen LogP contribution < -0.4 is 15.2 Å². The average molecular weight is 278 g/mol. The molecule has 1 aliphatic rings. The van der Waals surface area contributed by atoms with Crippen molar-refractivity contribution in [3.8, 4) is 11.5 Å². The van der Waals surface area contributed by atoms with E-state index in [4.69, 9.17) is 15.2 Å². The Morgan fingerprint density at radius 1 is 1.35 bits per heavy atom. The summed E-state index contributed by atoms with van der Waals surface area (Å²) in [5, 5.41) is 0. The minimum atomic E-state index is 0.00671. The molecule has 1 aliphatic heterocycles. The van der Waals surface area contributed by atoms with Gasteiger partial charge in [-0.2, -0.15) is 0 Å². The molecule has 1 aromatic rings. The van der Waals surface area contributed by atoms with Gasteiger partial charge in [-0.05, 0) is 37.9 Å². The van der Waals surface area contributed by atoms with E-state index in [9.17, 15) is 4.79 Å². The molecule has 0 bridgehead atoms. The molecule has 1 aromatic carbocycles. The van der Waals surface area contributed by atoms with Gasteiger partial charge in [0.25, 0.3) is 5.91 Å². The number of hydrogen-bond acceptors (Lipinski definition) is 4. The van der Waals surface area contributed by atoms with Crippen LogP contribution in [0.5, 0.6) is 11.5 Å². The lowest BCUT2D eigenvalue weighted by Gasteiger charge is -2.17. The second-order valence-electron chi connectivity index (χ2n) is 4.90. The monoisotopic (exact) mass is 278 g/mol. The summed E-state index contributed by atoms with van der Waals surface area (Å²) in [5.41, 5.74) is 5.63. The maximum atomic E-state index is 12.1. The quantitative estimate of drug-likeness (QED) is 0.851. The summed E-state index contributed by atoms with van der Waals surface area (Å²) in [6.45, 7) is 4.68. The first-order valence-electron chi connectivity index (χ1n) is 7.07. The van der Waals surface area contributed by atoms with E-state index in [0.717, 1.165) is 19.5 Å². The Morgan fingerprint density at radius 3 is 2.65 bits per heavy atom. The Labute approximate surface area is 119 Å². The molecule has 0 aliphatic carbocycles. The third-order valence-electron chi connectivity index (χ3n) is 3.47. The van der Waals surface area contributed by atoms with Crippen molar-refractivity contribution in [2.24, 2.45) is 11.7 Å². The third-order valence-corrected chi connectivity index (χ3v) is 3.47. The summed E-state index contributed by atoms with van der Waals surface area (Å²) in [5.74, 6) is 1.71. The molecule has 2 rings (SSSR count). The van der Waals surface area contributed by atoms with E-state index >= 15 is 0 Å². The van der Waals surface area contributed by atoms with Crippen LogP contribution in [0.1, 0.15) is 13.3 Å². The average Bonchev–Trinajstić information content (AvgIpc) is 2.95. The number of carbonyl (C=O) groups is 1. The Bertz CT molecular complexity index is 450. The van der Waals surface area contributed by atoms with E-state index in [1.807, 2.05) is 36.1 Å². The van der Waals surface area contributed by atoms with Gasteiger partial charge in [-0.3, -0.25) is 4.79 Å². The first-order chi connectivity index (χ1) is 9.74. The van der Waals surface area contributed by atoms with Crippen molar-refractivity contribution >= 4 is 5.91 Å². The molecular weight excluding hydrogens is 256 g/mol. The predicted molar refractivity (Wildman–Crippen MR) is 76.8 cm³/mol. The highest BCUT2D eigenvalue weighted by atomic mass is 16.5. The lowest BCUT2D eigenvalue weighted by atomic mass is 10.1. The molecule has 5 heteroatoms. The first kappa shape index (κ1) is 14.7. The topological polar surface area (TPSA) is 64.8 Å². The maximum Gasteiger partial charge on any atom is 0.260 e. The molecule has 1 saturated heterocycles. The standard InChI is InChI=1S/C15H22N2O3/c1-2-19-13-5-3-4-6-14(13)20-11-15(18)17-8-7-12(9-16)10-17/h3-6,12H,2,7-11,16H2,1H3. The molecule has 110 valence electrons. The SMILES string of the molecule is CCOc1ccccc1OCC(=O)N1CCC(CN)C1. The van der Waals surface area contributed by atoms with Gasteiger partial charge >= 0.3 is 0 Å². The van der Waals surface area contributed by atoms with Crippen molar-refractivity contribution in [2.45, 2.75) is 13.3 Å². The minimum absolute atomic E-state index is 0.00671. The highest BCUT2D eigenvalue weighted by Gasteiger charge is 2.25. The highest BCUT2D eigenvalue weighted by Crippen LogP contribution is 2.26.